The van der Waals surface area contributed by atoms with Crippen LogP contribution >= 0.6 is 27.5 Å². The van der Waals surface area contributed by atoms with E-state index in [1.165, 1.54) is 24.8 Å². The number of nitrogens with one attached hydrogen (secondary N) is 1. The number of rotatable bonds is 5. The lowest BCUT2D eigenvalue weighted by Gasteiger charge is -2.40. The Labute approximate surface area is 136 Å². The zero-order chi connectivity index (χ0) is 14.5. The third-order valence-corrected chi connectivity index (χ3v) is 4.94. The van der Waals surface area contributed by atoms with Crippen molar-refractivity contribution in [2.45, 2.75) is 32.2 Å². The number of halogens is 2. The number of likely N-dealkylation sites (tertiary alicyclic amines) is 1. The lowest BCUT2D eigenvalue weighted by molar-refractivity contribution is 0.119. The van der Waals surface area contributed by atoms with Gasteiger partial charge in [-0.05, 0) is 69.6 Å². The second-order valence-electron chi connectivity index (χ2n) is 5.70. The van der Waals surface area contributed by atoms with Gasteiger partial charge in [0.2, 0.25) is 0 Å². The Balaban J connectivity index is 2.18. The van der Waals surface area contributed by atoms with Crippen LogP contribution in [0.3, 0.4) is 0 Å². The van der Waals surface area contributed by atoms with Crippen molar-refractivity contribution in [3.63, 3.8) is 0 Å². The molecule has 0 spiro atoms. The molecule has 1 aliphatic heterocycles. The minimum atomic E-state index is 0.425. The molecule has 0 bridgehead atoms. The van der Waals surface area contributed by atoms with Gasteiger partial charge in [-0.25, -0.2) is 0 Å². The molecule has 1 aliphatic rings. The van der Waals surface area contributed by atoms with Crippen molar-refractivity contribution in [2.75, 3.05) is 26.7 Å². The minimum absolute atomic E-state index is 0.425. The van der Waals surface area contributed by atoms with E-state index in [4.69, 9.17) is 11.6 Å². The molecule has 0 aliphatic carbocycles. The molecule has 4 heteroatoms. The van der Waals surface area contributed by atoms with Gasteiger partial charge >= 0.3 is 0 Å². The van der Waals surface area contributed by atoms with Gasteiger partial charge in [-0.3, -0.25) is 4.90 Å². The van der Waals surface area contributed by atoms with Crippen LogP contribution in [0.25, 0.3) is 0 Å². The molecule has 2 unspecified atom stereocenters. The van der Waals surface area contributed by atoms with E-state index in [-0.39, 0.29) is 0 Å². The summed E-state index contributed by atoms with van der Waals surface area (Å²) in [5.74, 6) is 0.638. The van der Waals surface area contributed by atoms with Crippen molar-refractivity contribution in [1.29, 1.82) is 0 Å². The monoisotopic (exact) mass is 358 g/mol. The van der Waals surface area contributed by atoms with E-state index in [9.17, 15) is 0 Å². The highest BCUT2D eigenvalue weighted by molar-refractivity contribution is 9.10. The summed E-state index contributed by atoms with van der Waals surface area (Å²) in [6.45, 7) is 5.54. The Bertz CT molecular complexity index is 438. The molecular formula is C16H24BrClN2. The largest absolute Gasteiger partial charge is 0.316 e. The summed E-state index contributed by atoms with van der Waals surface area (Å²) in [5, 5.41) is 4.45. The van der Waals surface area contributed by atoms with Crippen LogP contribution in [0.2, 0.25) is 5.02 Å². The van der Waals surface area contributed by atoms with Gasteiger partial charge in [0.1, 0.15) is 0 Å². The van der Waals surface area contributed by atoms with E-state index in [0.29, 0.717) is 12.0 Å². The summed E-state index contributed by atoms with van der Waals surface area (Å²) in [7, 11) is 2.22. The summed E-state index contributed by atoms with van der Waals surface area (Å²) in [5.41, 5.74) is 1.26. The molecule has 0 aromatic heterocycles. The van der Waals surface area contributed by atoms with Gasteiger partial charge < -0.3 is 5.32 Å². The zero-order valence-electron chi connectivity index (χ0n) is 12.3. The number of piperidine rings is 1. The first-order chi connectivity index (χ1) is 9.63. The fourth-order valence-electron chi connectivity index (χ4n) is 3.17. The Hall–Kier alpha value is -0.0900. The molecular weight excluding hydrogens is 336 g/mol. The Morgan fingerprint density at radius 3 is 2.95 bits per heavy atom. The molecule has 1 saturated heterocycles. The maximum atomic E-state index is 6.48. The van der Waals surface area contributed by atoms with Crippen molar-refractivity contribution in [2.24, 2.45) is 5.92 Å². The van der Waals surface area contributed by atoms with Crippen LogP contribution in [0.15, 0.2) is 22.7 Å². The van der Waals surface area contributed by atoms with Crippen molar-refractivity contribution in [3.8, 4) is 0 Å². The van der Waals surface area contributed by atoms with Gasteiger partial charge in [0.05, 0.1) is 0 Å². The van der Waals surface area contributed by atoms with Crippen LogP contribution in [0, 0.1) is 5.92 Å². The molecule has 1 aromatic carbocycles. The van der Waals surface area contributed by atoms with E-state index in [0.717, 1.165) is 29.1 Å². The van der Waals surface area contributed by atoms with Gasteiger partial charge in [-0.15, -0.1) is 0 Å². The highest BCUT2D eigenvalue weighted by Gasteiger charge is 2.31. The first-order valence-corrected chi connectivity index (χ1v) is 8.66. The predicted octanol–water partition coefficient (Wildman–Crippen LogP) is 4.49. The standard InChI is InChI=1S/C16H24BrClN2/c1-3-8-19-11-12-5-4-9-20(2)16(12)14-7-6-13(17)10-15(14)18/h6-7,10,12,16,19H,3-5,8-9,11H2,1-2H3. The molecule has 1 heterocycles. The third kappa shape index (κ3) is 3.97. The quantitative estimate of drug-likeness (QED) is 0.779. The molecule has 0 amide bonds. The van der Waals surface area contributed by atoms with Crippen molar-refractivity contribution < 1.29 is 0 Å². The number of hydrogen-bond acceptors (Lipinski definition) is 2. The third-order valence-electron chi connectivity index (χ3n) is 4.12. The molecule has 1 N–H and O–H groups in total. The highest BCUT2D eigenvalue weighted by atomic mass is 79.9. The summed E-state index contributed by atoms with van der Waals surface area (Å²) < 4.78 is 1.05. The number of nitrogens with zero attached hydrogens (tertiary/aromatic N) is 1. The second kappa shape index (κ2) is 7.79. The van der Waals surface area contributed by atoms with Crippen LogP contribution in [-0.2, 0) is 0 Å². The predicted molar refractivity (Wildman–Crippen MR) is 90.4 cm³/mol. The summed E-state index contributed by atoms with van der Waals surface area (Å²) in [4.78, 5) is 2.46. The zero-order valence-corrected chi connectivity index (χ0v) is 14.7. The van der Waals surface area contributed by atoms with E-state index in [1.54, 1.807) is 0 Å². The Morgan fingerprint density at radius 2 is 2.25 bits per heavy atom. The molecule has 112 valence electrons. The molecule has 0 saturated carbocycles. The van der Waals surface area contributed by atoms with Crippen LogP contribution in [0.5, 0.6) is 0 Å². The van der Waals surface area contributed by atoms with Gasteiger partial charge in [-0.2, -0.15) is 0 Å². The Kier molecular flexibility index (Phi) is 6.34. The SMILES string of the molecule is CCCNCC1CCCN(C)C1c1ccc(Br)cc1Cl. The highest BCUT2D eigenvalue weighted by Crippen LogP contribution is 2.38. The number of benzene rings is 1. The molecule has 20 heavy (non-hydrogen) atoms. The van der Waals surface area contributed by atoms with Gasteiger partial charge in [-0.1, -0.05) is 40.5 Å². The molecule has 0 radical (unpaired) electrons. The normalized spacial score (nSPS) is 24.0. The van der Waals surface area contributed by atoms with Crippen molar-refractivity contribution in [1.82, 2.24) is 10.2 Å². The second-order valence-corrected chi connectivity index (χ2v) is 7.02. The van der Waals surface area contributed by atoms with E-state index >= 15 is 0 Å². The fraction of sp³-hybridized carbons (Fsp3) is 0.625. The van der Waals surface area contributed by atoms with Crippen molar-refractivity contribution >= 4 is 27.5 Å². The van der Waals surface area contributed by atoms with Gasteiger partial charge in [0.15, 0.2) is 0 Å². The molecule has 2 rings (SSSR count). The van der Waals surface area contributed by atoms with Crippen LogP contribution in [-0.4, -0.2) is 31.6 Å². The van der Waals surface area contributed by atoms with E-state index in [1.807, 2.05) is 6.07 Å². The Morgan fingerprint density at radius 1 is 1.45 bits per heavy atom. The smallest absolute Gasteiger partial charge is 0.0465 e. The van der Waals surface area contributed by atoms with Gasteiger partial charge in [0.25, 0.3) is 0 Å². The molecule has 2 nitrogen and oxygen atoms in total. The molecule has 1 aromatic rings. The van der Waals surface area contributed by atoms with Gasteiger partial charge in [0, 0.05) is 15.5 Å². The minimum Gasteiger partial charge on any atom is -0.316 e. The average Bonchev–Trinajstić information content (AvgIpc) is 2.41. The first kappa shape index (κ1) is 16.3. The maximum absolute atomic E-state index is 6.48. The summed E-state index contributed by atoms with van der Waals surface area (Å²) in [6, 6.07) is 6.70. The molecule has 2 atom stereocenters. The average molecular weight is 360 g/mol. The van der Waals surface area contributed by atoms with Crippen LogP contribution in [0.1, 0.15) is 37.8 Å². The van der Waals surface area contributed by atoms with Crippen molar-refractivity contribution in [3.05, 3.63) is 33.3 Å². The lowest BCUT2D eigenvalue weighted by Crippen LogP contribution is -2.40. The van der Waals surface area contributed by atoms with E-state index < -0.39 is 0 Å². The summed E-state index contributed by atoms with van der Waals surface area (Å²) in [6.07, 6.45) is 3.74. The maximum Gasteiger partial charge on any atom is 0.0465 e. The first-order valence-electron chi connectivity index (χ1n) is 7.49. The van der Waals surface area contributed by atoms with Crippen LogP contribution in [0.4, 0.5) is 0 Å². The van der Waals surface area contributed by atoms with Crippen LogP contribution < -0.4 is 5.32 Å². The number of hydrogen-bond donors (Lipinski definition) is 1. The lowest BCUT2D eigenvalue weighted by atomic mass is 9.85. The molecule has 1 fully saturated rings. The van der Waals surface area contributed by atoms with E-state index in [2.05, 4.69) is 52.3 Å². The topological polar surface area (TPSA) is 15.3 Å². The summed E-state index contributed by atoms with van der Waals surface area (Å²) >= 11 is 9.97. The fourth-order valence-corrected chi connectivity index (χ4v) is 3.96.